The van der Waals surface area contributed by atoms with Gasteiger partial charge in [-0.1, -0.05) is 52.0 Å². The summed E-state index contributed by atoms with van der Waals surface area (Å²) in [6.07, 6.45) is 1.52. The summed E-state index contributed by atoms with van der Waals surface area (Å²) in [7, 11) is 0. The number of ether oxygens (including phenoxy) is 1. The number of nitrogens with zero attached hydrogens (tertiary/aromatic N) is 1. The average molecular weight is 521 g/mol. The Morgan fingerprint density at radius 1 is 1.16 bits per heavy atom. The quantitative estimate of drug-likeness (QED) is 0.398. The Hall–Kier alpha value is -2.69. The first-order valence-electron chi connectivity index (χ1n) is 9.07. The number of carboxylic acids is 1. The molecule has 2 N–H and O–H groups in total. The van der Waals surface area contributed by atoms with E-state index in [-0.39, 0.29) is 31.4 Å². The molecule has 31 heavy (non-hydrogen) atoms. The molecule has 3 rings (SSSR count). The lowest BCUT2D eigenvalue weighted by atomic mass is 10.2. The van der Waals surface area contributed by atoms with Crippen LogP contribution in [0.25, 0.3) is 6.08 Å². The minimum Gasteiger partial charge on any atom is -0.484 e. The van der Waals surface area contributed by atoms with Gasteiger partial charge in [-0.05, 0) is 48.0 Å². The number of benzene rings is 2. The summed E-state index contributed by atoms with van der Waals surface area (Å²) in [5, 5.41) is 11.5. The molecule has 7 nitrogen and oxygen atoms in total. The summed E-state index contributed by atoms with van der Waals surface area (Å²) in [5.74, 6) is -1.06. The number of carbonyl (C=O) groups is 3. The van der Waals surface area contributed by atoms with Gasteiger partial charge in [-0.15, -0.1) is 0 Å². The van der Waals surface area contributed by atoms with Crippen molar-refractivity contribution in [3.8, 4) is 5.75 Å². The lowest BCUT2D eigenvalue weighted by Crippen LogP contribution is -2.30. The molecule has 2 aromatic carbocycles. The smallest absolute Gasteiger partial charge is 0.305 e. The van der Waals surface area contributed by atoms with E-state index in [2.05, 4.69) is 21.2 Å². The van der Waals surface area contributed by atoms with Crippen LogP contribution in [-0.4, -0.2) is 45.3 Å². The summed E-state index contributed by atoms with van der Waals surface area (Å²) < 4.78 is 6.76. The third-order valence-corrected chi connectivity index (χ3v) is 6.01. The van der Waals surface area contributed by atoms with Crippen LogP contribution in [0.3, 0.4) is 0 Å². The Bertz CT molecular complexity index is 1040. The van der Waals surface area contributed by atoms with Gasteiger partial charge < -0.3 is 15.2 Å². The predicted molar refractivity (Wildman–Crippen MR) is 127 cm³/mol. The molecule has 0 bridgehead atoms. The average Bonchev–Trinajstić information content (AvgIpc) is 3.00. The molecule has 2 aromatic rings. The van der Waals surface area contributed by atoms with E-state index in [0.29, 0.717) is 20.7 Å². The zero-order chi connectivity index (χ0) is 22.4. The first kappa shape index (κ1) is 23.0. The lowest BCUT2D eigenvalue weighted by Gasteiger charge is -2.12. The number of carboxylic acid groups (broad SMARTS) is 1. The molecule has 0 spiro atoms. The molecule has 1 fully saturated rings. The van der Waals surface area contributed by atoms with Gasteiger partial charge in [0.25, 0.3) is 11.8 Å². The standard InChI is InChI=1S/C21H17BrN2O5S2/c22-14-3-5-15(6-4-14)23-18(25)12-29-16-7-1-13(2-8-16)11-17-20(28)24(21(30)31-17)10-9-19(26)27/h1-8,11H,9-10,12H2,(H,23,25)(H,26,27)/b17-11-. The first-order chi connectivity index (χ1) is 14.8. The fourth-order valence-electron chi connectivity index (χ4n) is 2.59. The number of thiocarbonyl (C=S) groups is 1. The number of carbonyl (C=O) groups excluding carboxylic acids is 2. The highest BCUT2D eigenvalue weighted by atomic mass is 79.9. The minimum absolute atomic E-state index is 0.0481. The van der Waals surface area contributed by atoms with E-state index in [1.165, 1.54) is 4.90 Å². The molecular formula is C21H17BrN2O5S2. The van der Waals surface area contributed by atoms with Crippen molar-refractivity contribution in [3.05, 3.63) is 63.5 Å². The third-order valence-electron chi connectivity index (χ3n) is 4.10. The molecule has 1 aliphatic rings. The lowest BCUT2D eigenvalue weighted by molar-refractivity contribution is -0.137. The van der Waals surface area contributed by atoms with Crippen LogP contribution in [0.15, 0.2) is 57.9 Å². The van der Waals surface area contributed by atoms with Crippen molar-refractivity contribution in [2.24, 2.45) is 0 Å². The highest BCUT2D eigenvalue weighted by Crippen LogP contribution is 2.32. The molecular weight excluding hydrogens is 504 g/mol. The van der Waals surface area contributed by atoms with E-state index >= 15 is 0 Å². The maximum absolute atomic E-state index is 12.4. The molecule has 0 atom stereocenters. The number of hydrogen-bond acceptors (Lipinski definition) is 6. The van der Waals surface area contributed by atoms with Crippen molar-refractivity contribution in [2.45, 2.75) is 6.42 Å². The summed E-state index contributed by atoms with van der Waals surface area (Å²) in [5.41, 5.74) is 1.43. The number of thioether (sulfide) groups is 1. The summed E-state index contributed by atoms with van der Waals surface area (Å²) in [6, 6.07) is 14.1. The molecule has 0 unspecified atom stereocenters. The van der Waals surface area contributed by atoms with Crippen LogP contribution >= 0.6 is 39.9 Å². The second-order valence-corrected chi connectivity index (χ2v) is 8.98. The van der Waals surface area contributed by atoms with E-state index in [1.807, 2.05) is 12.1 Å². The Labute approximate surface area is 196 Å². The Kier molecular flexibility index (Phi) is 7.83. The van der Waals surface area contributed by atoms with Crippen LogP contribution in [0, 0.1) is 0 Å². The minimum atomic E-state index is -0.987. The van der Waals surface area contributed by atoms with Crippen molar-refractivity contribution in [1.82, 2.24) is 4.90 Å². The van der Waals surface area contributed by atoms with E-state index in [4.69, 9.17) is 22.1 Å². The molecule has 1 aliphatic heterocycles. The molecule has 1 heterocycles. The molecule has 10 heteroatoms. The predicted octanol–water partition coefficient (Wildman–Crippen LogP) is 4.14. The number of aliphatic carboxylic acids is 1. The Balaban J connectivity index is 1.54. The van der Waals surface area contributed by atoms with Gasteiger partial charge in [0, 0.05) is 16.7 Å². The second-order valence-electron chi connectivity index (χ2n) is 6.39. The van der Waals surface area contributed by atoms with Crippen LogP contribution in [0.4, 0.5) is 5.69 Å². The van der Waals surface area contributed by atoms with Gasteiger partial charge in [0.1, 0.15) is 10.1 Å². The zero-order valence-electron chi connectivity index (χ0n) is 16.0. The summed E-state index contributed by atoms with van der Waals surface area (Å²) >= 11 is 9.64. The van der Waals surface area contributed by atoms with Crippen LogP contribution in [0.2, 0.25) is 0 Å². The summed E-state index contributed by atoms with van der Waals surface area (Å²) in [6.45, 7) is -0.0932. The molecule has 0 aromatic heterocycles. The topological polar surface area (TPSA) is 95.9 Å². The highest BCUT2D eigenvalue weighted by molar-refractivity contribution is 9.10. The molecule has 2 amide bonds. The fraction of sp³-hybridized carbons (Fsp3) is 0.143. The third kappa shape index (κ3) is 6.65. The zero-order valence-corrected chi connectivity index (χ0v) is 19.3. The van der Waals surface area contributed by atoms with Crippen molar-refractivity contribution in [2.75, 3.05) is 18.5 Å². The summed E-state index contributed by atoms with van der Waals surface area (Å²) in [4.78, 5) is 36.9. The van der Waals surface area contributed by atoms with E-state index in [0.717, 1.165) is 21.8 Å². The second kappa shape index (κ2) is 10.6. The van der Waals surface area contributed by atoms with Crippen molar-refractivity contribution in [1.29, 1.82) is 0 Å². The fourth-order valence-corrected chi connectivity index (χ4v) is 4.16. The normalized spacial score (nSPS) is 14.7. The van der Waals surface area contributed by atoms with E-state index < -0.39 is 5.97 Å². The van der Waals surface area contributed by atoms with Crippen LogP contribution < -0.4 is 10.1 Å². The molecule has 0 radical (unpaired) electrons. The maximum atomic E-state index is 12.4. The number of halogens is 1. The van der Waals surface area contributed by atoms with Gasteiger partial charge >= 0.3 is 5.97 Å². The molecule has 160 valence electrons. The largest absolute Gasteiger partial charge is 0.484 e. The Morgan fingerprint density at radius 2 is 1.84 bits per heavy atom. The molecule has 0 aliphatic carbocycles. The van der Waals surface area contributed by atoms with Gasteiger partial charge in [0.15, 0.2) is 6.61 Å². The molecule has 0 saturated carbocycles. The first-order valence-corrected chi connectivity index (χ1v) is 11.1. The molecule has 1 saturated heterocycles. The van der Waals surface area contributed by atoms with E-state index in [9.17, 15) is 14.4 Å². The SMILES string of the molecule is O=C(O)CCN1C(=O)/C(=C/c2ccc(OCC(=O)Nc3ccc(Br)cc3)cc2)SC1=S. The maximum Gasteiger partial charge on any atom is 0.305 e. The van der Waals surface area contributed by atoms with Crippen molar-refractivity contribution in [3.63, 3.8) is 0 Å². The van der Waals surface area contributed by atoms with Gasteiger partial charge in [0.05, 0.1) is 11.3 Å². The Morgan fingerprint density at radius 3 is 2.48 bits per heavy atom. The number of anilines is 1. The number of nitrogens with one attached hydrogen (secondary N) is 1. The van der Waals surface area contributed by atoms with Gasteiger partial charge in [0.2, 0.25) is 0 Å². The van der Waals surface area contributed by atoms with Crippen LogP contribution in [0.5, 0.6) is 5.75 Å². The highest BCUT2D eigenvalue weighted by Gasteiger charge is 2.31. The van der Waals surface area contributed by atoms with Gasteiger partial charge in [-0.25, -0.2) is 0 Å². The number of rotatable bonds is 8. The van der Waals surface area contributed by atoms with Crippen LogP contribution in [-0.2, 0) is 14.4 Å². The number of amides is 2. The van der Waals surface area contributed by atoms with E-state index in [1.54, 1.807) is 42.5 Å². The van der Waals surface area contributed by atoms with Crippen molar-refractivity contribution < 1.29 is 24.2 Å². The number of hydrogen-bond donors (Lipinski definition) is 2. The van der Waals surface area contributed by atoms with Crippen molar-refractivity contribution >= 4 is 73.8 Å². The van der Waals surface area contributed by atoms with Gasteiger partial charge in [-0.2, -0.15) is 0 Å². The monoisotopic (exact) mass is 520 g/mol. The van der Waals surface area contributed by atoms with Gasteiger partial charge in [-0.3, -0.25) is 19.3 Å². The van der Waals surface area contributed by atoms with Crippen LogP contribution in [0.1, 0.15) is 12.0 Å².